The largest absolute Gasteiger partial charge is 0.313 e. The molecule has 0 aliphatic heterocycles. The minimum Gasteiger partial charge on any atom is -0.313 e. The van der Waals surface area contributed by atoms with Crippen LogP contribution in [0.15, 0.2) is 0 Å². The molecule has 2 unspecified atom stereocenters. The Kier molecular flexibility index (Phi) is 3.94. The molecule has 1 heteroatoms. The lowest BCUT2D eigenvalue weighted by Gasteiger charge is -2.36. The Labute approximate surface area is 101 Å². The fourth-order valence-electron chi connectivity index (χ4n) is 3.39. The molecule has 0 aromatic heterocycles. The molecule has 2 aliphatic carbocycles. The second-order valence-electron chi connectivity index (χ2n) is 6.53. The Balaban J connectivity index is 1.82. The summed E-state index contributed by atoms with van der Waals surface area (Å²) in [4.78, 5) is 0. The van der Waals surface area contributed by atoms with Gasteiger partial charge in [-0.15, -0.1) is 0 Å². The van der Waals surface area contributed by atoms with E-state index in [0.29, 0.717) is 5.41 Å². The monoisotopic (exact) mass is 223 g/mol. The Hall–Kier alpha value is -0.0400. The first kappa shape index (κ1) is 12.4. The van der Waals surface area contributed by atoms with Crippen LogP contribution in [0, 0.1) is 17.3 Å². The van der Waals surface area contributed by atoms with Gasteiger partial charge in [0.05, 0.1) is 0 Å². The van der Waals surface area contributed by atoms with Crippen LogP contribution < -0.4 is 5.32 Å². The second-order valence-corrected chi connectivity index (χ2v) is 6.53. The predicted molar refractivity (Wildman–Crippen MR) is 70.5 cm³/mol. The van der Waals surface area contributed by atoms with Crippen molar-refractivity contribution in [2.24, 2.45) is 17.3 Å². The van der Waals surface area contributed by atoms with Crippen molar-refractivity contribution >= 4 is 0 Å². The molecule has 1 N–H and O–H groups in total. The zero-order valence-corrected chi connectivity index (χ0v) is 11.4. The van der Waals surface area contributed by atoms with E-state index in [1.165, 1.54) is 51.5 Å². The molecular formula is C15H29N. The third kappa shape index (κ3) is 2.80. The first-order valence-corrected chi connectivity index (χ1v) is 7.40. The molecule has 94 valence electrons. The SMILES string of the molecule is CCC1(CNC2CCCCC2C(C)C)CC1. The molecule has 0 spiro atoms. The first-order valence-electron chi connectivity index (χ1n) is 7.40. The van der Waals surface area contributed by atoms with Gasteiger partial charge in [0.15, 0.2) is 0 Å². The van der Waals surface area contributed by atoms with E-state index >= 15 is 0 Å². The molecule has 0 aromatic rings. The zero-order valence-electron chi connectivity index (χ0n) is 11.4. The standard InChI is InChI=1S/C15H29N/c1-4-15(9-10-15)11-16-14-8-6-5-7-13(14)12(2)3/h12-14,16H,4-11H2,1-3H3. The van der Waals surface area contributed by atoms with Crippen molar-refractivity contribution in [2.45, 2.75) is 71.8 Å². The molecule has 0 aromatic carbocycles. The summed E-state index contributed by atoms with van der Waals surface area (Å²) in [7, 11) is 0. The van der Waals surface area contributed by atoms with E-state index in [4.69, 9.17) is 0 Å². The van der Waals surface area contributed by atoms with Crippen LogP contribution in [0.25, 0.3) is 0 Å². The Morgan fingerprint density at radius 1 is 1.19 bits per heavy atom. The Morgan fingerprint density at radius 2 is 1.88 bits per heavy atom. The Morgan fingerprint density at radius 3 is 2.44 bits per heavy atom. The van der Waals surface area contributed by atoms with Crippen LogP contribution in [0.3, 0.4) is 0 Å². The van der Waals surface area contributed by atoms with Gasteiger partial charge in [-0.05, 0) is 49.4 Å². The van der Waals surface area contributed by atoms with Crippen molar-refractivity contribution in [3.8, 4) is 0 Å². The summed E-state index contributed by atoms with van der Waals surface area (Å²) in [5.41, 5.74) is 0.707. The van der Waals surface area contributed by atoms with E-state index < -0.39 is 0 Å². The average molecular weight is 223 g/mol. The van der Waals surface area contributed by atoms with E-state index in [9.17, 15) is 0 Å². The highest BCUT2D eigenvalue weighted by atomic mass is 14.9. The lowest BCUT2D eigenvalue weighted by Crippen LogP contribution is -2.43. The highest BCUT2D eigenvalue weighted by Gasteiger charge is 2.41. The van der Waals surface area contributed by atoms with E-state index in [-0.39, 0.29) is 0 Å². The molecule has 2 rings (SSSR count). The van der Waals surface area contributed by atoms with Crippen LogP contribution in [0.1, 0.15) is 65.7 Å². The molecular weight excluding hydrogens is 194 g/mol. The number of hydrogen-bond acceptors (Lipinski definition) is 1. The van der Waals surface area contributed by atoms with Crippen LogP contribution in [-0.4, -0.2) is 12.6 Å². The molecule has 0 amide bonds. The first-order chi connectivity index (χ1) is 7.67. The maximum atomic E-state index is 3.91. The molecule has 0 saturated heterocycles. The minimum atomic E-state index is 0.707. The average Bonchev–Trinajstić information content (AvgIpc) is 3.07. The van der Waals surface area contributed by atoms with Gasteiger partial charge in [-0.2, -0.15) is 0 Å². The van der Waals surface area contributed by atoms with Gasteiger partial charge in [0.2, 0.25) is 0 Å². The quantitative estimate of drug-likeness (QED) is 0.743. The fraction of sp³-hybridized carbons (Fsp3) is 1.00. The summed E-state index contributed by atoms with van der Waals surface area (Å²) >= 11 is 0. The van der Waals surface area contributed by atoms with E-state index in [1.54, 1.807) is 0 Å². The predicted octanol–water partition coefficient (Wildman–Crippen LogP) is 3.98. The molecule has 2 fully saturated rings. The molecule has 2 saturated carbocycles. The Bertz CT molecular complexity index is 217. The lowest BCUT2D eigenvalue weighted by atomic mass is 9.77. The van der Waals surface area contributed by atoms with Crippen molar-refractivity contribution in [1.82, 2.24) is 5.32 Å². The third-order valence-electron chi connectivity index (χ3n) is 5.12. The molecule has 0 bridgehead atoms. The van der Waals surface area contributed by atoms with Crippen molar-refractivity contribution in [3.63, 3.8) is 0 Å². The van der Waals surface area contributed by atoms with E-state index in [0.717, 1.165) is 17.9 Å². The summed E-state index contributed by atoms with van der Waals surface area (Å²) in [6, 6.07) is 0.817. The van der Waals surface area contributed by atoms with Gasteiger partial charge in [-0.1, -0.05) is 33.6 Å². The minimum absolute atomic E-state index is 0.707. The summed E-state index contributed by atoms with van der Waals surface area (Å²) < 4.78 is 0. The van der Waals surface area contributed by atoms with Crippen LogP contribution >= 0.6 is 0 Å². The van der Waals surface area contributed by atoms with Crippen molar-refractivity contribution < 1.29 is 0 Å². The fourth-order valence-corrected chi connectivity index (χ4v) is 3.39. The normalized spacial score (nSPS) is 33.0. The van der Waals surface area contributed by atoms with Gasteiger partial charge in [0.1, 0.15) is 0 Å². The number of rotatable bonds is 5. The molecule has 16 heavy (non-hydrogen) atoms. The van der Waals surface area contributed by atoms with Gasteiger partial charge in [-0.3, -0.25) is 0 Å². The van der Waals surface area contributed by atoms with Crippen LogP contribution in [-0.2, 0) is 0 Å². The van der Waals surface area contributed by atoms with Crippen molar-refractivity contribution in [1.29, 1.82) is 0 Å². The topological polar surface area (TPSA) is 12.0 Å². The molecule has 0 heterocycles. The molecule has 2 atom stereocenters. The maximum absolute atomic E-state index is 3.91. The van der Waals surface area contributed by atoms with Gasteiger partial charge in [-0.25, -0.2) is 0 Å². The van der Waals surface area contributed by atoms with Crippen LogP contribution in [0.4, 0.5) is 0 Å². The van der Waals surface area contributed by atoms with Crippen LogP contribution in [0.2, 0.25) is 0 Å². The third-order valence-corrected chi connectivity index (χ3v) is 5.12. The van der Waals surface area contributed by atoms with Crippen LogP contribution in [0.5, 0.6) is 0 Å². The smallest absolute Gasteiger partial charge is 0.00979 e. The maximum Gasteiger partial charge on any atom is 0.00979 e. The van der Waals surface area contributed by atoms with Crippen molar-refractivity contribution in [3.05, 3.63) is 0 Å². The van der Waals surface area contributed by atoms with E-state index in [1.807, 2.05) is 0 Å². The molecule has 2 aliphatic rings. The summed E-state index contributed by atoms with van der Waals surface area (Å²) in [5, 5.41) is 3.91. The summed E-state index contributed by atoms with van der Waals surface area (Å²) in [6.07, 6.45) is 10.1. The number of nitrogens with one attached hydrogen (secondary N) is 1. The van der Waals surface area contributed by atoms with E-state index in [2.05, 4.69) is 26.1 Å². The van der Waals surface area contributed by atoms with Crippen molar-refractivity contribution in [2.75, 3.05) is 6.54 Å². The summed E-state index contributed by atoms with van der Waals surface area (Å²) in [6.45, 7) is 8.45. The zero-order chi connectivity index (χ0) is 11.6. The lowest BCUT2D eigenvalue weighted by molar-refractivity contribution is 0.196. The van der Waals surface area contributed by atoms with Gasteiger partial charge >= 0.3 is 0 Å². The second kappa shape index (κ2) is 5.08. The van der Waals surface area contributed by atoms with Gasteiger partial charge in [0, 0.05) is 12.6 Å². The number of hydrogen-bond donors (Lipinski definition) is 1. The molecule has 1 nitrogen and oxygen atoms in total. The summed E-state index contributed by atoms with van der Waals surface area (Å²) in [5.74, 6) is 1.79. The highest BCUT2D eigenvalue weighted by Crippen LogP contribution is 2.48. The molecule has 0 radical (unpaired) electrons. The highest BCUT2D eigenvalue weighted by molar-refractivity contribution is 4.95. The van der Waals surface area contributed by atoms with Gasteiger partial charge < -0.3 is 5.32 Å². The van der Waals surface area contributed by atoms with Gasteiger partial charge in [0.25, 0.3) is 0 Å².